The molecule has 0 radical (unpaired) electrons. The molecule has 1 aliphatic carbocycles. The van der Waals surface area contributed by atoms with Crippen LogP contribution in [0, 0.1) is 0 Å². The van der Waals surface area contributed by atoms with Crippen LogP contribution in [-0.2, 0) is 4.79 Å². The Hall–Kier alpha value is -0.610. The van der Waals surface area contributed by atoms with Crippen LogP contribution >= 0.6 is 0 Å². The first kappa shape index (κ1) is 13.8. The van der Waals surface area contributed by atoms with Crippen LogP contribution in [0.4, 0.5) is 0 Å². The molecule has 0 aromatic heterocycles. The van der Waals surface area contributed by atoms with Gasteiger partial charge in [-0.25, -0.2) is 0 Å². The van der Waals surface area contributed by atoms with E-state index in [0.717, 1.165) is 51.6 Å². The summed E-state index contributed by atoms with van der Waals surface area (Å²) in [7, 11) is 1.98. The Bertz CT molecular complexity index is 290. The molecule has 4 nitrogen and oxygen atoms in total. The summed E-state index contributed by atoms with van der Waals surface area (Å²) < 4.78 is 0. The van der Waals surface area contributed by atoms with E-state index in [4.69, 9.17) is 0 Å². The smallest absolute Gasteiger partial charge is 0.239 e. The molecular weight excluding hydrogens is 228 g/mol. The Morgan fingerprint density at radius 2 is 1.83 bits per heavy atom. The maximum absolute atomic E-state index is 12.3. The summed E-state index contributed by atoms with van der Waals surface area (Å²) in [5.41, 5.74) is 0. The van der Waals surface area contributed by atoms with Crippen LogP contribution in [0.2, 0.25) is 0 Å². The Morgan fingerprint density at radius 1 is 1.22 bits per heavy atom. The van der Waals surface area contributed by atoms with Crippen LogP contribution < -0.4 is 0 Å². The molecule has 18 heavy (non-hydrogen) atoms. The highest BCUT2D eigenvalue weighted by Gasteiger charge is 2.33. The minimum atomic E-state index is -0.266. The lowest BCUT2D eigenvalue weighted by Crippen LogP contribution is -2.52. The quantitative estimate of drug-likeness (QED) is 0.824. The predicted octanol–water partition coefficient (Wildman–Crippen LogP) is 1.23. The maximum Gasteiger partial charge on any atom is 0.239 e. The zero-order valence-corrected chi connectivity index (χ0v) is 11.6. The van der Waals surface area contributed by atoms with Gasteiger partial charge in [-0.3, -0.25) is 9.69 Å². The zero-order chi connectivity index (χ0) is 13.1. The van der Waals surface area contributed by atoms with E-state index < -0.39 is 0 Å². The molecule has 1 saturated heterocycles. The average Bonchev–Trinajstić information content (AvgIpc) is 2.90. The maximum atomic E-state index is 12.3. The molecule has 0 spiro atoms. The summed E-state index contributed by atoms with van der Waals surface area (Å²) in [6.07, 6.45) is 6.16. The molecule has 1 saturated carbocycles. The summed E-state index contributed by atoms with van der Waals surface area (Å²) in [4.78, 5) is 16.4. The van der Waals surface area contributed by atoms with Gasteiger partial charge in [0.05, 0.1) is 12.1 Å². The first-order chi connectivity index (χ1) is 8.61. The van der Waals surface area contributed by atoms with Crippen molar-refractivity contribution in [3.8, 4) is 0 Å². The first-order valence-electron chi connectivity index (χ1n) is 7.30. The van der Waals surface area contributed by atoms with E-state index >= 15 is 0 Å². The number of nitrogens with zero attached hydrogens (tertiary/aromatic N) is 2. The van der Waals surface area contributed by atoms with Gasteiger partial charge >= 0.3 is 0 Å². The highest BCUT2D eigenvalue weighted by Crippen LogP contribution is 2.24. The molecule has 1 aliphatic heterocycles. The molecule has 4 heteroatoms. The first-order valence-corrected chi connectivity index (χ1v) is 7.30. The Morgan fingerprint density at radius 3 is 2.44 bits per heavy atom. The largest absolute Gasteiger partial charge is 0.391 e. The molecule has 2 aliphatic rings. The molecule has 0 bridgehead atoms. The summed E-state index contributed by atoms with van der Waals surface area (Å²) in [5.74, 6) is 0.229. The van der Waals surface area contributed by atoms with Gasteiger partial charge in [0.2, 0.25) is 5.91 Å². The third-order valence-electron chi connectivity index (χ3n) is 4.60. The standard InChI is InChI=1S/C14H26N2O2/c1-11(14(18)16-9-5-6-10-16)15(2)12-7-3-4-8-13(12)17/h11-13,17H,3-10H2,1-2H3. The molecule has 104 valence electrons. The van der Waals surface area contributed by atoms with E-state index in [1.165, 1.54) is 0 Å². The zero-order valence-electron chi connectivity index (χ0n) is 11.6. The highest BCUT2D eigenvalue weighted by molar-refractivity contribution is 5.81. The van der Waals surface area contributed by atoms with Crippen molar-refractivity contribution in [3.63, 3.8) is 0 Å². The van der Waals surface area contributed by atoms with Gasteiger partial charge < -0.3 is 10.0 Å². The fraction of sp³-hybridized carbons (Fsp3) is 0.929. The van der Waals surface area contributed by atoms with Crippen LogP contribution in [0.25, 0.3) is 0 Å². The van der Waals surface area contributed by atoms with Crippen molar-refractivity contribution in [3.05, 3.63) is 0 Å². The van der Waals surface area contributed by atoms with Gasteiger partial charge in [-0.05, 0) is 39.7 Å². The molecular formula is C14H26N2O2. The van der Waals surface area contributed by atoms with Gasteiger partial charge in [-0.15, -0.1) is 0 Å². The molecule has 1 heterocycles. The second-order valence-corrected chi connectivity index (χ2v) is 5.79. The second-order valence-electron chi connectivity index (χ2n) is 5.79. The SMILES string of the molecule is CC(C(=O)N1CCCC1)N(C)C1CCCCC1O. The van der Waals surface area contributed by atoms with Crippen molar-refractivity contribution in [2.45, 2.75) is 63.6 Å². The van der Waals surface area contributed by atoms with E-state index in [1.807, 2.05) is 18.9 Å². The Kier molecular flexibility index (Phi) is 4.62. The molecule has 3 atom stereocenters. The minimum absolute atomic E-state index is 0.110. The van der Waals surface area contributed by atoms with Crippen molar-refractivity contribution in [2.75, 3.05) is 20.1 Å². The van der Waals surface area contributed by atoms with Crippen molar-refractivity contribution in [1.29, 1.82) is 0 Å². The van der Waals surface area contributed by atoms with Crippen LogP contribution in [0.3, 0.4) is 0 Å². The molecule has 1 amide bonds. The number of rotatable bonds is 3. The van der Waals surface area contributed by atoms with Gasteiger partial charge in [-0.1, -0.05) is 12.8 Å². The number of aliphatic hydroxyl groups excluding tert-OH is 1. The van der Waals surface area contributed by atoms with Gasteiger partial charge in [0.25, 0.3) is 0 Å². The monoisotopic (exact) mass is 254 g/mol. The third-order valence-corrected chi connectivity index (χ3v) is 4.60. The number of hydrogen-bond acceptors (Lipinski definition) is 3. The van der Waals surface area contributed by atoms with E-state index in [0.29, 0.717) is 0 Å². The normalized spacial score (nSPS) is 30.8. The number of likely N-dealkylation sites (N-methyl/N-ethyl adjacent to an activating group) is 1. The Balaban J connectivity index is 1.94. The molecule has 2 rings (SSSR count). The lowest BCUT2D eigenvalue weighted by Gasteiger charge is -2.39. The summed E-state index contributed by atoms with van der Waals surface area (Å²) in [6.45, 7) is 3.79. The minimum Gasteiger partial charge on any atom is -0.391 e. The van der Waals surface area contributed by atoms with Crippen molar-refractivity contribution in [1.82, 2.24) is 9.80 Å². The highest BCUT2D eigenvalue weighted by atomic mass is 16.3. The van der Waals surface area contributed by atoms with Gasteiger partial charge in [0.1, 0.15) is 0 Å². The van der Waals surface area contributed by atoms with E-state index in [-0.39, 0.29) is 24.1 Å². The second kappa shape index (κ2) is 6.02. The number of carbonyl (C=O) groups excluding carboxylic acids is 1. The number of carbonyl (C=O) groups is 1. The van der Waals surface area contributed by atoms with E-state index in [1.54, 1.807) is 0 Å². The van der Waals surface area contributed by atoms with Crippen LogP contribution in [0.5, 0.6) is 0 Å². The predicted molar refractivity (Wildman–Crippen MR) is 71.3 cm³/mol. The summed E-state index contributed by atoms with van der Waals surface area (Å²) >= 11 is 0. The lowest BCUT2D eigenvalue weighted by molar-refractivity contribution is -0.136. The summed E-state index contributed by atoms with van der Waals surface area (Å²) in [5, 5.41) is 10.1. The number of likely N-dealkylation sites (tertiary alicyclic amines) is 1. The van der Waals surface area contributed by atoms with Crippen LogP contribution in [-0.4, -0.2) is 59.1 Å². The topological polar surface area (TPSA) is 43.8 Å². The van der Waals surface area contributed by atoms with Crippen LogP contribution in [0.15, 0.2) is 0 Å². The van der Waals surface area contributed by atoms with Crippen molar-refractivity contribution >= 4 is 5.91 Å². The van der Waals surface area contributed by atoms with Crippen molar-refractivity contribution < 1.29 is 9.90 Å². The third kappa shape index (κ3) is 2.86. The van der Waals surface area contributed by atoms with Gasteiger partial charge in [0, 0.05) is 19.1 Å². The average molecular weight is 254 g/mol. The number of aliphatic hydroxyl groups is 1. The molecule has 0 aromatic rings. The molecule has 0 aromatic carbocycles. The van der Waals surface area contributed by atoms with Gasteiger partial charge in [-0.2, -0.15) is 0 Å². The Labute approximate surface area is 110 Å². The number of amides is 1. The fourth-order valence-electron chi connectivity index (χ4n) is 3.23. The molecule has 3 unspecified atom stereocenters. The van der Waals surface area contributed by atoms with E-state index in [2.05, 4.69) is 4.90 Å². The fourth-order valence-corrected chi connectivity index (χ4v) is 3.23. The van der Waals surface area contributed by atoms with E-state index in [9.17, 15) is 9.90 Å². The number of hydrogen-bond donors (Lipinski definition) is 1. The van der Waals surface area contributed by atoms with Crippen LogP contribution in [0.1, 0.15) is 45.4 Å². The summed E-state index contributed by atoms with van der Waals surface area (Å²) in [6, 6.07) is 0.0427. The molecule has 1 N–H and O–H groups in total. The van der Waals surface area contributed by atoms with Gasteiger partial charge in [0.15, 0.2) is 0 Å². The molecule has 2 fully saturated rings. The lowest BCUT2D eigenvalue weighted by atomic mass is 9.91. The van der Waals surface area contributed by atoms with Crippen molar-refractivity contribution in [2.24, 2.45) is 0 Å².